The van der Waals surface area contributed by atoms with Crippen LogP contribution in [0.1, 0.15) is 0 Å². The van der Waals surface area contributed by atoms with Gasteiger partial charge in [-0.3, -0.25) is 4.57 Å². The number of fused-ring (bicyclic) bond motifs is 13. The van der Waals surface area contributed by atoms with Gasteiger partial charge in [-0.1, -0.05) is 78.9 Å². The highest BCUT2D eigenvalue weighted by molar-refractivity contribution is 6.39. The number of ether oxygens (including phenoxy) is 1. The predicted molar refractivity (Wildman–Crippen MR) is 210 cm³/mol. The first-order chi connectivity index (χ1) is 25.6. The molecule has 7 heteroatoms. The van der Waals surface area contributed by atoms with E-state index in [9.17, 15) is 0 Å². The van der Waals surface area contributed by atoms with Crippen molar-refractivity contribution in [1.29, 1.82) is 0 Å². The summed E-state index contributed by atoms with van der Waals surface area (Å²) in [6.07, 6.45) is 5.32. The van der Waals surface area contributed by atoms with Gasteiger partial charge in [0.15, 0.2) is 0 Å². The Morgan fingerprint density at radius 3 is 1.87 bits per heavy atom. The first kappa shape index (κ1) is 28.9. The molecule has 11 rings (SSSR count). The normalized spacial score (nSPS) is 12.1. The number of rotatable bonds is 4. The first-order valence-corrected chi connectivity index (χ1v) is 17.5. The maximum Gasteiger partial charge on any atom is 0.244 e. The van der Waals surface area contributed by atoms with Gasteiger partial charge in [-0.15, -0.1) is 0 Å². The molecule has 0 N–H and O–H groups in total. The number of pyridine rings is 1. The predicted octanol–water partition coefficient (Wildman–Crippen LogP) is 9.83. The van der Waals surface area contributed by atoms with E-state index in [1.165, 1.54) is 49.0 Å². The van der Waals surface area contributed by atoms with Gasteiger partial charge >= 0.3 is 0 Å². The van der Waals surface area contributed by atoms with E-state index in [-0.39, 0.29) is 0 Å². The highest BCUT2D eigenvalue weighted by Gasteiger charge is 2.27. The largest absolute Gasteiger partial charge is 0.458 e. The fraction of sp³-hybridized carbons (Fsp3) is 0.0667. The van der Waals surface area contributed by atoms with Gasteiger partial charge in [-0.2, -0.15) is 0 Å². The Kier molecular flexibility index (Phi) is 5.88. The van der Waals surface area contributed by atoms with Crippen molar-refractivity contribution in [2.45, 2.75) is 0 Å². The van der Waals surface area contributed by atoms with E-state index in [1.54, 1.807) is 0 Å². The number of imidazole rings is 1. The topological polar surface area (TPSA) is 45.7 Å². The second-order valence-electron chi connectivity index (χ2n) is 13.6. The molecular weight excluding hydrogens is 641 g/mol. The lowest BCUT2D eigenvalue weighted by atomic mass is 10.0. The summed E-state index contributed by atoms with van der Waals surface area (Å²) in [6.45, 7) is 0. The lowest BCUT2D eigenvalue weighted by Crippen LogP contribution is -2.29. The SMILES string of the molecule is Cn1[c-][n+](-c2cccc(Oc3ccc4c5c6c(c7ccccc7n6C)c6c(c7ccccc7n6C)c5n(-c5ccccn5)c4c3)c2)c2ccccc21. The fourth-order valence-electron chi connectivity index (χ4n) is 8.60. The van der Waals surface area contributed by atoms with Crippen LogP contribution in [0.5, 0.6) is 11.5 Å². The van der Waals surface area contributed by atoms with Crippen LogP contribution < -0.4 is 9.30 Å². The molecule has 0 unspecified atom stereocenters. The number of hydrogen-bond donors (Lipinski definition) is 0. The van der Waals surface area contributed by atoms with E-state index in [2.05, 4.69) is 154 Å². The molecule has 5 heterocycles. The molecule has 0 aliphatic rings. The quantitative estimate of drug-likeness (QED) is 0.138. The van der Waals surface area contributed by atoms with Crippen LogP contribution in [0.25, 0.3) is 88.0 Å². The summed E-state index contributed by atoms with van der Waals surface area (Å²) < 4.78 is 17.9. The summed E-state index contributed by atoms with van der Waals surface area (Å²) in [7, 11) is 6.41. The summed E-state index contributed by atoms with van der Waals surface area (Å²) in [6, 6.07) is 46.6. The fourth-order valence-corrected chi connectivity index (χ4v) is 8.60. The van der Waals surface area contributed by atoms with Crippen LogP contribution in [0, 0.1) is 6.33 Å². The molecule has 0 bridgehead atoms. The van der Waals surface area contributed by atoms with Crippen molar-refractivity contribution in [3.05, 3.63) is 146 Å². The third-order valence-electron chi connectivity index (χ3n) is 10.8. The molecule has 52 heavy (non-hydrogen) atoms. The minimum atomic E-state index is 0.749. The van der Waals surface area contributed by atoms with Crippen molar-refractivity contribution in [3.63, 3.8) is 0 Å². The Hall–Kier alpha value is -6.86. The third-order valence-corrected chi connectivity index (χ3v) is 10.8. The van der Waals surface area contributed by atoms with Gasteiger partial charge in [0.05, 0.1) is 45.8 Å². The zero-order chi connectivity index (χ0) is 34.7. The van der Waals surface area contributed by atoms with E-state index in [1.807, 2.05) is 36.0 Å². The van der Waals surface area contributed by atoms with Crippen molar-refractivity contribution in [1.82, 2.24) is 23.3 Å². The van der Waals surface area contributed by atoms with Gasteiger partial charge in [-0.05, 0) is 48.5 Å². The standard InChI is InChI=1S/C45H32N6O/c1-47-27-50(37-20-9-8-19-36(37)47)28-13-12-14-29(25-28)52-30-22-23-33-38(26-30)51(39-21-10-11-24-46-39)45-41-32-16-5-7-18-35(32)49(3)43(41)40-31-15-4-6-17-34(31)48(2)44(40)42(33)45/h4-26H,1-3H3. The number of benzene rings is 6. The van der Waals surface area contributed by atoms with Gasteiger partial charge in [0.25, 0.3) is 0 Å². The molecule has 0 fully saturated rings. The van der Waals surface area contributed by atoms with E-state index >= 15 is 0 Å². The Morgan fingerprint density at radius 1 is 0.538 bits per heavy atom. The van der Waals surface area contributed by atoms with Gasteiger partial charge < -0.3 is 23.0 Å². The first-order valence-electron chi connectivity index (χ1n) is 17.5. The summed E-state index contributed by atoms with van der Waals surface area (Å²) >= 11 is 0. The zero-order valence-corrected chi connectivity index (χ0v) is 28.9. The molecular formula is C45H32N6O. The molecule has 6 aromatic carbocycles. The number of hydrogen-bond acceptors (Lipinski definition) is 2. The summed E-state index contributed by atoms with van der Waals surface area (Å²) in [5.74, 6) is 2.36. The molecule has 0 aliphatic heterocycles. The number of nitrogens with zero attached hydrogens (tertiary/aromatic N) is 6. The molecule has 0 spiro atoms. The average Bonchev–Trinajstić information content (AvgIpc) is 3.89. The zero-order valence-electron chi connectivity index (χ0n) is 28.9. The van der Waals surface area contributed by atoms with Crippen molar-refractivity contribution < 1.29 is 9.30 Å². The molecule has 0 saturated carbocycles. The van der Waals surface area contributed by atoms with Crippen LogP contribution in [0.2, 0.25) is 0 Å². The lowest BCUT2D eigenvalue weighted by Gasteiger charge is -2.11. The van der Waals surface area contributed by atoms with Crippen molar-refractivity contribution >= 4 is 76.5 Å². The minimum Gasteiger partial charge on any atom is -0.458 e. The van der Waals surface area contributed by atoms with Crippen molar-refractivity contribution in [2.75, 3.05) is 0 Å². The number of aromatic nitrogens is 6. The van der Waals surface area contributed by atoms with Gasteiger partial charge in [-0.25, -0.2) is 4.98 Å². The molecule has 248 valence electrons. The molecule has 0 saturated heterocycles. The molecule has 5 aromatic heterocycles. The summed E-state index contributed by atoms with van der Waals surface area (Å²) in [5, 5.41) is 7.30. The molecule has 0 radical (unpaired) electrons. The van der Waals surface area contributed by atoms with Crippen LogP contribution in [0.3, 0.4) is 0 Å². The Bertz CT molecular complexity index is 3250. The van der Waals surface area contributed by atoms with Crippen molar-refractivity contribution in [2.24, 2.45) is 21.1 Å². The van der Waals surface area contributed by atoms with Crippen LogP contribution in [0.15, 0.2) is 140 Å². The van der Waals surface area contributed by atoms with E-state index in [0.717, 1.165) is 50.5 Å². The van der Waals surface area contributed by atoms with E-state index < -0.39 is 0 Å². The molecule has 7 nitrogen and oxygen atoms in total. The number of aryl methyl sites for hydroxylation is 3. The van der Waals surface area contributed by atoms with Crippen LogP contribution in [-0.2, 0) is 21.1 Å². The third kappa shape index (κ3) is 3.85. The highest BCUT2D eigenvalue weighted by Crippen LogP contribution is 2.48. The Balaban J connectivity index is 1.22. The van der Waals surface area contributed by atoms with Gasteiger partial charge in [0, 0.05) is 69.7 Å². The highest BCUT2D eigenvalue weighted by atomic mass is 16.5. The lowest BCUT2D eigenvalue weighted by molar-refractivity contribution is -0.572. The van der Waals surface area contributed by atoms with E-state index in [4.69, 9.17) is 9.72 Å². The minimum absolute atomic E-state index is 0.749. The molecule has 0 amide bonds. The molecule has 0 aliphatic carbocycles. The molecule has 11 aromatic rings. The second kappa shape index (κ2) is 10.6. The smallest absolute Gasteiger partial charge is 0.244 e. The maximum atomic E-state index is 6.70. The Labute approximate surface area is 298 Å². The van der Waals surface area contributed by atoms with Crippen LogP contribution >= 0.6 is 0 Å². The Morgan fingerprint density at radius 2 is 1.15 bits per heavy atom. The number of para-hydroxylation sites is 4. The van der Waals surface area contributed by atoms with Gasteiger partial charge in [0.2, 0.25) is 6.33 Å². The summed E-state index contributed by atoms with van der Waals surface area (Å²) in [5.41, 5.74) is 10.2. The van der Waals surface area contributed by atoms with Gasteiger partial charge in [0.1, 0.15) is 17.3 Å². The average molecular weight is 673 g/mol. The maximum absolute atomic E-state index is 6.70. The molecule has 0 atom stereocenters. The second-order valence-corrected chi connectivity index (χ2v) is 13.6. The monoisotopic (exact) mass is 672 g/mol. The van der Waals surface area contributed by atoms with Crippen molar-refractivity contribution in [3.8, 4) is 23.0 Å². The van der Waals surface area contributed by atoms with Crippen LogP contribution in [-0.4, -0.2) is 23.3 Å². The summed E-state index contributed by atoms with van der Waals surface area (Å²) in [4.78, 5) is 4.95. The van der Waals surface area contributed by atoms with Crippen LogP contribution in [0.4, 0.5) is 0 Å². The van der Waals surface area contributed by atoms with E-state index in [0.29, 0.717) is 0 Å².